The quantitative estimate of drug-likeness (QED) is 0.621. The average Bonchev–Trinajstić information content (AvgIpc) is 3.15. The van der Waals surface area contributed by atoms with Gasteiger partial charge in [0.1, 0.15) is 0 Å². The van der Waals surface area contributed by atoms with Crippen molar-refractivity contribution in [3.05, 3.63) is 47.7 Å². The SMILES string of the molecule is Cc1noc2nc(-c3ccccc3)cc(C(=O)NCCCCN3CCOCC3)c12. The van der Waals surface area contributed by atoms with Crippen LogP contribution in [0.15, 0.2) is 40.9 Å². The first-order valence-corrected chi connectivity index (χ1v) is 10.1. The predicted molar refractivity (Wildman–Crippen MR) is 111 cm³/mol. The van der Waals surface area contributed by atoms with Crippen LogP contribution >= 0.6 is 0 Å². The molecule has 1 aliphatic heterocycles. The lowest BCUT2D eigenvalue weighted by Gasteiger charge is -2.26. The highest BCUT2D eigenvalue weighted by atomic mass is 16.5. The fourth-order valence-electron chi connectivity index (χ4n) is 3.61. The molecule has 0 radical (unpaired) electrons. The van der Waals surface area contributed by atoms with Gasteiger partial charge in [-0.15, -0.1) is 0 Å². The van der Waals surface area contributed by atoms with Crippen LogP contribution in [0.2, 0.25) is 0 Å². The molecule has 3 heterocycles. The number of nitrogens with one attached hydrogen (secondary N) is 1. The Kier molecular flexibility index (Phi) is 6.17. The summed E-state index contributed by atoms with van der Waals surface area (Å²) in [6.45, 7) is 7.13. The van der Waals surface area contributed by atoms with E-state index in [1.54, 1.807) is 0 Å². The van der Waals surface area contributed by atoms with E-state index >= 15 is 0 Å². The summed E-state index contributed by atoms with van der Waals surface area (Å²) in [6, 6.07) is 11.6. The molecule has 4 rings (SSSR count). The molecule has 1 amide bonds. The standard InChI is InChI=1S/C22H26N4O3/c1-16-20-18(21(27)23-9-5-6-10-26-11-13-28-14-12-26)15-19(24-22(20)29-25-16)17-7-3-2-4-8-17/h2-4,7-8,15H,5-6,9-14H2,1H3,(H,23,27). The van der Waals surface area contributed by atoms with Crippen LogP contribution in [0, 0.1) is 6.92 Å². The van der Waals surface area contributed by atoms with Gasteiger partial charge in [-0.1, -0.05) is 35.5 Å². The Morgan fingerprint density at radius 3 is 2.76 bits per heavy atom. The van der Waals surface area contributed by atoms with Gasteiger partial charge in [0.25, 0.3) is 11.6 Å². The molecule has 1 N–H and O–H groups in total. The monoisotopic (exact) mass is 394 g/mol. The number of carbonyl (C=O) groups is 1. The number of amides is 1. The number of hydrogen-bond acceptors (Lipinski definition) is 6. The van der Waals surface area contributed by atoms with Gasteiger partial charge in [-0.2, -0.15) is 0 Å². The topological polar surface area (TPSA) is 80.5 Å². The molecule has 0 spiro atoms. The van der Waals surface area contributed by atoms with E-state index in [2.05, 4.69) is 20.4 Å². The Morgan fingerprint density at radius 2 is 1.97 bits per heavy atom. The third kappa shape index (κ3) is 4.63. The first-order chi connectivity index (χ1) is 14.2. The molecule has 1 aliphatic rings. The summed E-state index contributed by atoms with van der Waals surface area (Å²) >= 11 is 0. The number of benzene rings is 1. The molecule has 0 saturated carbocycles. The zero-order valence-corrected chi connectivity index (χ0v) is 16.7. The summed E-state index contributed by atoms with van der Waals surface area (Å²) in [4.78, 5) is 19.9. The lowest BCUT2D eigenvalue weighted by Crippen LogP contribution is -2.37. The van der Waals surface area contributed by atoms with E-state index in [0.717, 1.165) is 51.3 Å². The molecule has 1 saturated heterocycles. The number of unbranched alkanes of at least 4 members (excludes halogenated alkanes) is 1. The number of hydrogen-bond donors (Lipinski definition) is 1. The van der Waals surface area contributed by atoms with Crippen molar-refractivity contribution < 1.29 is 14.1 Å². The van der Waals surface area contributed by atoms with Crippen molar-refractivity contribution in [1.82, 2.24) is 20.4 Å². The second-order valence-electron chi connectivity index (χ2n) is 7.29. The Bertz CT molecular complexity index is 965. The Labute approximate surface area is 170 Å². The van der Waals surface area contributed by atoms with Crippen molar-refractivity contribution in [2.45, 2.75) is 19.8 Å². The number of aromatic nitrogens is 2. The minimum Gasteiger partial charge on any atom is -0.379 e. The molecular weight excluding hydrogens is 368 g/mol. The fourth-order valence-corrected chi connectivity index (χ4v) is 3.61. The van der Waals surface area contributed by atoms with Gasteiger partial charge >= 0.3 is 0 Å². The van der Waals surface area contributed by atoms with Crippen LogP contribution in [0.3, 0.4) is 0 Å². The minimum atomic E-state index is -0.118. The van der Waals surface area contributed by atoms with Gasteiger partial charge < -0.3 is 14.6 Å². The molecule has 7 heteroatoms. The molecule has 29 heavy (non-hydrogen) atoms. The summed E-state index contributed by atoms with van der Waals surface area (Å²) in [6.07, 6.45) is 1.99. The van der Waals surface area contributed by atoms with Crippen molar-refractivity contribution in [3.8, 4) is 11.3 Å². The Hall–Kier alpha value is -2.77. The second-order valence-corrected chi connectivity index (χ2v) is 7.29. The number of carbonyl (C=O) groups excluding carboxylic acids is 1. The Balaban J connectivity index is 1.43. The van der Waals surface area contributed by atoms with Crippen molar-refractivity contribution >= 4 is 17.0 Å². The molecule has 0 aliphatic carbocycles. The van der Waals surface area contributed by atoms with E-state index in [0.29, 0.717) is 34.6 Å². The lowest BCUT2D eigenvalue weighted by molar-refractivity contribution is 0.0372. The largest absolute Gasteiger partial charge is 0.379 e. The van der Waals surface area contributed by atoms with E-state index < -0.39 is 0 Å². The second kappa shape index (κ2) is 9.15. The van der Waals surface area contributed by atoms with Gasteiger partial charge in [-0.3, -0.25) is 9.69 Å². The maximum atomic E-state index is 12.9. The maximum absolute atomic E-state index is 12.9. The molecule has 2 aromatic heterocycles. The summed E-state index contributed by atoms with van der Waals surface area (Å²) < 4.78 is 10.7. The van der Waals surface area contributed by atoms with Gasteiger partial charge in [0.2, 0.25) is 0 Å². The smallest absolute Gasteiger partial charge is 0.259 e. The normalized spacial score (nSPS) is 14.9. The highest BCUT2D eigenvalue weighted by Crippen LogP contribution is 2.26. The molecular formula is C22H26N4O3. The highest BCUT2D eigenvalue weighted by Gasteiger charge is 2.19. The number of pyridine rings is 1. The molecule has 3 aromatic rings. The van der Waals surface area contributed by atoms with E-state index in [1.165, 1.54) is 0 Å². The summed E-state index contributed by atoms with van der Waals surface area (Å²) in [5.41, 5.74) is 3.25. The third-order valence-corrected chi connectivity index (χ3v) is 5.22. The van der Waals surface area contributed by atoms with E-state index in [9.17, 15) is 4.79 Å². The van der Waals surface area contributed by atoms with Crippen LogP contribution in [0.5, 0.6) is 0 Å². The van der Waals surface area contributed by atoms with Crippen LogP contribution in [-0.4, -0.2) is 60.3 Å². The van der Waals surface area contributed by atoms with Crippen molar-refractivity contribution in [2.75, 3.05) is 39.4 Å². The average molecular weight is 394 g/mol. The summed E-state index contributed by atoms with van der Waals surface area (Å²) in [5, 5.41) is 7.72. The van der Waals surface area contributed by atoms with E-state index in [1.807, 2.05) is 43.3 Å². The zero-order chi connectivity index (χ0) is 20.1. The van der Waals surface area contributed by atoms with Crippen LogP contribution in [-0.2, 0) is 4.74 Å². The summed E-state index contributed by atoms with van der Waals surface area (Å²) in [7, 11) is 0. The van der Waals surface area contributed by atoms with E-state index in [4.69, 9.17) is 9.26 Å². The number of aryl methyl sites for hydroxylation is 1. The third-order valence-electron chi connectivity index (χ3n) is 5.22. The van der Waals surface area contributed by atoms with Gasteiger partial charge in [-0.05, 0) is 32.4 Å². The summed E-state index contributed by atoms with van der Waals surface area (Å²) in [5.74, 6) is -0.118. The van der Waals surface area contributed by atoms with Gasteiger partial charge in [-0.25, -0.2) is 4.98 Å². The van der Waals surface area contributed by atoms with Crippen molar-refractivity contribution in [2.24, 2.45) is 0 Å². The van der Waals surface area contributed by atoms with Crippen molar-refractivity contribution in [1.29, 1.82) is 0 Å². The number of nitrogens with zero attached hydrogens (tertiary/aromatic N) is 3. The molecule has 1 fully saturated rings. The lowest BCUT2D eigenvalue weighted by atomic mass is 10.1. The number of rotatable bonds is 7. The Morgan fingerprint density at radius 1 is 1.17 bits per heavy atom. The molecule has 0 unspecified atom stereocenters. The minimum absolute atomic E-state index is 0.118. The fraction of sp³-hybridized carbons (Fsp3) is 0.409. The molecule has 0 bridgehead atoms. The number of morpholine rings is 1. The molecule has 152 valence electrons. The first kappa shape index (κ1) is 19.5. The van der Waals surface area contributed by atoms with Gasteiger partial charge in [0.15, 0.2) is 0 Å². The predicted octanol–water partition coefficient (Wildman–Crippen LogP) is 3.04. The number of ether oxygens (including phenoxy) is 1. The van der Waals surface area contributed by atoms with E-state index in [-0.39, 0.29) is 5.91 Å². The van der Waals surface area contributed by atoms with Crippen LogP contribution in [0.4, 0.5) is 0 Å². The highest BCUT2D eigenvalue weighted by molar-refractivity contribution is 6.06. The van der Waals surface area contributed by atoms with Crippen LogP contribution in [0.1, 0.15) is 28.9 Å². The number of fused-ring (bicyclic) bond motifs is 1. The zero-order valence-electron chi connectivity index (χ0n) is 16.7. The van der Waals surface area contributed by atoms with Crippen LogP contribution < -0.4 is 5.32 Å². The maximum Gasteiger partial charge on any atom is 0.259 e. The molecule has 1 aromatic carbocycles. The van der Waals surface area contributed by atoms with Gasteiger partial charge in [0, 0.05) is 25.2 Å². The van der Waals surface area contributed by atoms with Gasteiger partial charge in [0.05, 0.1) is 35.6 Å². The first-order valence-electron chi connectivity index (χ1n) is 10.1. The van der Waals surface area contributed by atoms with Crippen LogP contribution in [0.25, 0.3) is 22.4 Å². The van der Waals surface area contributed by atoms with Crippen molar-refractivity contribution in [3.63, 3.8) is 0 Å². The molecule has 0 atom stereocenters. The molecule has 7 nitrogen and oxygen atoms in total.